The Kier molecular flexibility index (Phi) is 7.69. The Morgan fingerprint density at radius 3 is 2.47 bits per heavy atom. The first-order valence-corrected chi connectivity index (χ1v) is 12.7. The zero-order valence-electron chi connectivity index (χ0n) is 21.9. The molecular formula is C29H37N3O4. The highest BCUT2D eigenvalue weighted by Gasteiger charge is 2.47. The van der Waals surface area contributed by atoms with E-state index < -0.39 is 5.54 Å². The summed E-state index contributed by atoms with van der Waals surface area (Å²) in [5.41, 5.74) is 1.44. The first-order chi connectivity index (χ1) is 17.2. The average molecular weight is 492 g/mol. The van der Waals surface area contributed by atoms with Gasteiger partial charge in [-0.1, -0.05) is 30.3 Å². The second-order valence-electron chi connectivity index (χ2n) is 10.2. The second kappa shape index (κ2) is 10.7. The molecule has 1 atom stereocenters. The van der Waals surface area contributed by atoms with Crippen molar-refractivity contribution in [1.29, 1.82) is 0 Å². The van der Waals surface area contributed by atoms with Crippen molar-refractivity contribution in [3.63, 3.8) is 0 Å². The molecule has 0 spiro atoms. The number of hydrogen-bond donors (Lipinski definition) is 1. The number of carbonyl (C=O) groups is 2. The highest BCUT2D eigenvalue weighted by atomic mass is 16.5. The molecule has 0 fully saturated rings. The van der Waals surface area contributed by atoms with Crippen LogP contribution in [0.3, 0.4) is 0 Å². The van der Waals surface area contributed by atoms with Crippen molar-refractivity contribution >= 4 is 22.7 Å². The number of benzene rings is 2. The van der Waals surface area contributed by atoms with Crippen molar-refractivity contribution in [2.45, 2.75) is 71.9 Å². The van der Waals surface area contributed by atoms with Gasteiger partial charge in [-0.05, 0) is 70.9 Å². The first-order valence-electron chi connectivity index (χ1n) is 12.7. The summed E-state index contributed by atoms with van der Waals surface area (Å²) in [5.74, 6) is 0.465. The van der Waals surface area contributed by atoms with E-state index in [4.69, 9.17) is 9.47 Å². The number of para-hydroxylation sites is 1. The number of hydrogen-bond acceptors (Lipinski definition) is 4. The van der Waals surface area contributed by atoms with Crippen LogP contribution in [0.4, 0.5) is 0 Å². The molecular weight excluding hydrogens is 454 g/mol. The zero-order chi connectivity index (χ0) is 25.9. The predicted octanol–water partition coefficient (Wildman–Crippen LogP) is 4.77. The van der Waals surface area contributed by atoms with Gasteiger partial charge in [0.1, 0.15) is 17.0 Å². The van der Waals surface area contributed by atoms with Crippen LogP contribution in [0.5, 0.6) is 5.75 Å². The largest absolute Gasteiger partial charge is 0.491 e. The van der Waals surface area contributed by atoms with Gasteiger partial charge in [0.2, 0.25) is 5.91 Å². The van der Waals surface area contributed by atoms with E-state index in [-0.39, 0.29) is 24.0 Å². The third-order valence-electron chi connectivity index (χ3n) is 6.52. The van der Waals surface area contributed by atoms with Crippen molar-refractivity contribution in [2.24, 2.45) is 0 Å². The molecule has 36 heavy (non-hydrogen) atoms. The molecule has 1 N–H and O–H groups in total. The lowest BCUT2D eigenvalue weighted by Gasteiger charge is -2.44. The molecule has 0 saturated carbocycles. The quantitative estimate of drug-likeness (QED) is 0.415. The molecule has 1 aliphatic heterocycles. The van der Waals surface area contributed by atoms with Gasteiger partial charge in [-0.15, -0.1) is 0 Å². The molecule has 1 aliphatic rings. The van der Waals surface area contributed by atoms with Crippen molar-refractivity contribution in [3.05, 3.63) is 65.9 Å². The molecule has 4 rings (SSSR count). The van der Waals surface area contributed by atoms with Gasteiger partial charge in [-0.3, -0.25) is 9.59 Å². The third-order valence-corrected chi connectivity index (χ3v) is 6.52. The minimum Gasteiger partial charge on any atom is -0.491 e. The number of carbonyl (C=O) groups excluding carboxylic acids is 2. The Balaban J connectivity index is 1.61. The lowest BCUT2D eigenvalue weighted by atomic mass is 9.93. The average Bonchev–Trinajstić information content (AvgIpc) is 3.20. The molecule has 0 aliphatic carbocycles. The van der Waals surface area contributed by atoms with Crippen LogP contribution in [0.1, 0.15) is 57.1 Å². The molecule has 3 aromatic rings. The standard InChI is InChI=1S/C29H37N3O4/c1-20(2)35-16-8-15-30-28(34)29(5)19-31-25-10-7-6-9-23(25)17-26(31)27(33)32(29)18-22-11-13-24(14-12-22)36-21(3)4/h6-7,9-14,17,20-21H,8,15-16,18-19H2,1-5H3,(H,30,34). The Bertz CT molecular complexity index is 1210. The number of amides is 2. The fourth-order valence-corrected chi connectivity index (χ4v) is 4.67. The summed E-state index contributed by atoms with van der Waals surface area (Å²) in [6, 6.07) is 17.6. The number of nitrogens with one attached hydrogen (secondary N) is 1. The van der Waals surface area contributed by atoms with Crippen LogP contribution < -0.4 is 10.1 Å². The van der Waals surface area contributed by atoms with Gasteiger partial charge in [0.25, 0.3) is 5.91 Å². The summed E-state index contributed by atoms with van der Waals surface area (Å²) < 4.78 is 13.3. The van der Waals surface area contributed by atoms with E-state index in [0.717, 1.165) is 22.2 Å². The molecule has 7 nitrogen and oxygen atoms in total. The van der Waals surface area contributed by atoms with Gasteiger partial charge in [0.05, 0.1) is 18.8 Å². The maximum Gasteiger partial charge on any atom is 0.271 e. The summed E-state index contributed by atoms with van der Waals surface area (Å²) in [7, 11) is 0. The summed E-state index contributed by atoms with van der Waals surface area (Å²) in [4.78, 5) is 29.2. The topological polar surface area (TPSA) is 72.8 Å². The van der Waals surface area contributed by atoms with Crippen LogP contribution in [0.2, 0.25) is 0 Å². The smallest absolute Gasteiger partial charge is 0.271 e. The number of rotatable bonds is 10. The monoisotopic (exact) mass is 491 g/mol. The second-order valence-corrected chi connectivity index (χ2v) is 10.2. The lowest BCUT2D eigenvalue weighted by Crippen LogP contribution is -2.63. The van der Waals surface area contributed by atoms with Crippen LogP contribution in [0.15, 0.2) is 54.6 Å². The fraction of sp³-hybridized carbons (Fsp3) is 0.448. The van der Waals surface area contributed by atoms with Crippen LogP contribution in [-0.2, 0) is 22.6 Å². The SMILES string of the molecule is CC(C)OCCCNC(=O)C1(C)Cn2c(cc3ccccc32)C(=O)N1Cc1ccc(OC(C)C)cc1. The van der Waals surface area contributed by atoms with Crippen molar-refractivity contribution in [2.75, 3.05) is 13.2 Å². The van der Waals surface area contributed by atoms with Crippen LogP contribution in [0, 0.1) is 0 Å². The van der Waals surface area contributed by atoms with E-state index in [0.29, 0.717) is 38.4 Å². The Morgan fingerprint density at radius 1 is 1.06 bits per heavy atom. The Labute approximate surface area is 213 Å². The highest BCUT2D eigenvalue weighted by Crippen LogP contribution is 2.33. The fourth-order valence-electron chi connectivity index (χ4n) is 4.67. The van der Waals surface area contributed by atoms with Crippen LogP contribution in [-0.4, -0.2) is 52.2 Å². The van der Waals surface area contributed by atoms with E-state index in [9.17, 15) is 9.59 Å². The summed E-state index contributed by atoms with van der Waals surface area (Å²) >= 11 is 0. The van der Waals surface area contributed by atoms with Crippen molar-refractivity contribution < 1.29 is 19.1 Å². The molecule has 2 amide bonds. The molecule has 2 aromatic carbocycles. The Hall–Kier alpha value is -3.32. The minimum atomic E-state index is -1.06. The normalized spacial score (nSPS) is 17.6. The van der Waals surface area contributed by atoms with Crippen molar-refractivity contribution in [1.82, 2.24) is 14.8 Å². The summed E-state index contributed by atoms with van der Waals surface area (Å²) in [6.07, 6.45) is 0.949. The number of fused-ring (bicyclic) bond motifs is 3. The van der Waals surface area contributed by atoms with Crippen molar-refractivity contribution in [3.8, 4) is 5.75 Å². The molecule has 7 heteroatoms. The lowest BCUT2D eigenvalue weighted by molar-refractivity contribution is -0.133. The highest BCUT2D eigenvalue weighted by molar-refractivity contribution is 6.03. The number of ether oxygens (including phenoxy) is 2. The maximum atomic E-state index is 13.9. The van der Waals surface area contributed by atoms with Gasteiger partial charge in [0, 0.05) is 30.6 Å². The van der Waals surface area contributed by atoms with E-state index >= 15 is 0 Å². The molecule has 192 valence electrons. The van der Waals surface area contributed by atoms with E-state index in [2.05, 4.69) is 5.32 Å². The minimum absolute atomic E-state index is 0.0827. The molecule has 1 aromatic heterocycles. The van der Waals surface area contributed by atoms with Crippen LogP contribution >= 0.6 is 0 Å². The van der Waals surface area contributed by atoms with Crippen LogP contribution in [0.25, 0.3) is 10.9 Å². The molecule has 1 unspecified atom stereocenters. The molecule has 0 radical (unpaired) electrons. The van der Waals surface area contributed by atoms with E-state index in [1.54, 1.807) is 4.90 Å². The van der Waals surface area contributed by atoms with E-state index in [1.165, 1.54) is 0 Å². The number of nitrogens with zero attached hydrogens (tertiary/aromatic N) is 2. The molecule has 2 heterocycles. The molecule has 0 bridgehead atoms. The Morgan fingerprint density at radius 2 is 1.78 bits per heavy atom. The van der Waals surface area contributed by atoms with Gasteiger partial charge in [-0.2, -0.15) is 0 Å². The predicted molar refractivity (Wildman–Crippen MR) is 141 cm³/mol. The van der Waals surface area contributed by atoms with E-state index in [1.807, 2.05) is 93.8 Å². The zero-order valence-corrected chi connectivity index (χ0v) is 21.9. The maximum absolute atomic E-state index is 13.9. The van der Waals surface area contributed by atoms with Gasteiger partial charge >= 0.3 is 0 Å². The third kappa shape index (κ3) is 5.41. The number of aromatic nitrogens is 1. The summed E-state index contributed by atoms with van der Waals surface area (Å²) in [5, 5.41) is 4.05. The first kappa shape index (κ1) is 25.8. The van der Waals surface area contributed by atoms with Gasteiger partial charge < -0.3 is 24.3 Å². The molecule has 0 saturated heterocycles. The summed E-state index contributed by atoms with van der Waals surface area (Å²) in [6.45, 7) is 11.6. The van der Waals surface area contributed by atoms with Gasteiger partial charge in [-0.25, -0.2) is 0 Å². The van der Waals surface area contributed by atoms with Gasteiger partial charge in [0.15, 0.2) is 0 Å².